The van der Waals surface area contributed by atoms with Crippen LogP contribution in [-0.4, -0.2) is 34.7 Å². The quantitative estimate of drug-likeness (QED) is 0.532. The van der Waals surface area contributed by atoms with Crippen LogP contribution in [0.1, 0.15) is 19.8 Å². The first-order valence-corrected chi connectivity index (χ1v) is 6.45. The number of carbonyl (C=O) groups is 1. The maximum absolute atomic E-state index is 11.2. The van der Waals surface area contributed by atoms with Crippen molar-refractivity contribution >= 4 is 16.3 Å². The first-order valence-electron chi connectivity index (χ1n) is 4.96. The zero-order valence-corrected chi connectivity index (χ0v) is 10.3. The van der Waals surface area contributed by atoms with Gasteiger partial charge in [0.1, 0.15) is 0 Å². The fraction of sp³-hybridized carbons (Fsp3) is 0.875. The summed E-state index contributed by atoms with van der Waals surface area (Å²) in [5, 5.41) is 0. The van der Waals surface area contributed by atoms with Gasteiger partial charge in [0.15, 0.2) is 0 Å². The van der Waals surface area contributed by atoms with Crippen LogP contribution < -0.4 is 15.2 Å². The van der Waals surface area contributed by atoms with Gasteiger partial charge >= 0.3 is 16.3 Å². The minimum Gasteiger partial charge on any atom is -0.452 e. The lowest BCUT2D eigenvalue weighted by Gasteiger charge is -2.09. The number of carbonyl (C=O) groups excluding carboxylic acids is 1. The van der Waals surface area contributed by atoms with Crippen molar-refractivity contribution in [1.82, 2.24) is 9.44 Å². The molecule has 1 amide bonds. The lowest BCUT2D eigenvalue weighted by atomic mass is 10.1. The molecule has 8 heteroatoms. The average Bonchev–Trinajstić information content (AvgIpc) is 2.23. The molecule has 0 aromatic heterocycles. The molecule has 0 spiro atoms. The van der Waals surface area contributed by atoms with Crippen molar-refractivity contribution in [2.75, 3.05) is 20.2 Å². The third-order valence-corrected chi connectivity index (χ3v) is 2.99. The molecule has 0 rings (SSSR count). The van der Waals surface area contributed by atoms with E-state index in [2.05, 4.69) is 9.46 Å². The highest BCUT2D eigenvalue weighted by atomic mass is 32.2. The van der Waals surface area contributed by atoms with Crippen LogP contribution in [0.4, 0.5) is 4.79 Å². The average molecular weight is 253 g/mol. The molecule has 4 N–H and O–H groups in total. The smallest absolute Gasteiger partial charge is 0.421 e. The highest BCUT2D eigenvalue weighted by molar-refractivity contribution is 7.88. The number of rotatable bonds is 7. The van der Waals surface area contributed by atoms with E-state index in [0.29, 0.717) is 18.9 Å². The fourth-order valence-corrected chi connectivity index (χ4v) is 1.75. The van der Waals surface area contributed by atoms with Gasteiger partial charge in [-0.2, -0.15) is 13.1 Å². The van der Waals surface area contributed by atoms with E-state index in [1.54, 1.807) is 4.72 Å². The summed E-state index contributed by atoms with van der Waals surface area (Å²) in [6.45, 7) is 2.82. The van der Waals surface area contributed by atoms with Gasteiger partial charge in [0, 0.05) is 6.54 Å². The van der Waals surface area contributed by atoms with Crippen LogP contribution in [-0.2, 0) is 14.9 Å². The van der Waals surface area contributed by atoms with E-state index < -0.39 is 16.3 Å². The lowest BCUT2D eigenvalue weighted by Crippen LogP contribution is -2.40. The summed E-state index contributed by atoms with van der Waals surface area (Å²) in [4.78, 5) is 10.6. The minimum absolute atomic E-state index is 0.261. The van der Waals surface area contributed by atoms with Crippen molar-refractivity contribution in [2.24, 2.45) is 11.7 Å². The van der Waals surface area contributed by atoms with Gasteiger partial charge in [-0.05, 0) is 25.3 Å². The molecule has 0 aliphatic carbocycles. The van der Waals surface area contributed by atoms with Gasteiger partial charge in [0.05, 0.1) is 7.11 Å². The van der Waals surface area contributed by atoms with E-state index in [0.717, 1.165) is 13.5 Å². The SMILES string of the molecule is COC(=O)NS(=O)(=O)NCCCC(C)CN. The van der Waals surface area contributed by atoms with E-state index in [9.17, 15) is 13.2 Å². The van der Waals surface area contributed by atoms with Crippen LogP contribution in [0, 0.1) is 5.92 Å². The summed E-state index contributed by atoms with van der Waals surface area (Å²) in [7, 11) is -2.71. The second-order valence-electron chi connectivity index (χ2n) is 3.47. The molecule has 0 saturated heterocycles. The number of hydrogen-bond acceptors (Lipinski definition) is 5. The van der Waals surface area contributed by atoms with Crippen LogP contribution in [0.2, 0.25) is 0 Å². The Morgan fingerprint density at radius 2 is 2.12 bits per heavy atom. The molecule has 7 nitrogen and oxygen atoms in total. The van der Waals surface area contributed by atoms with Crippen LogP contribution in [0.25, 0.3) is 0 Å². The summed E-state index contributed by atoms with van der Waals surface area (Å²) in [5.74, 6) is 0.359. The molecule has 0 heterocycles. The molecule has 0 aliphatic heterocycles. The molecule has 16 heavy (non-hydrogen) atoms. The van der Waals surface area contributed by atoms with Crippen molar-refractivity contribution < 1.29 is 17.9 Å². The van der Waals surface area contributed by atoms with Crippen molar-refractivity contribution in [3.8, 4) is 0 Å². The van der Waals surface area contributed by atoms with E-state index >= 15 is 0 Å². The Balaban J connectivity index is 3.79. The normalized spacial score (nSPS) is 13.2. The molecule has 1 unspecified atom stereocenters. The molecule has 0 aromatic carbocycles. The number of nitrogens with two attached hydrogens (primary N) is 1. The first kappa shape index (κ1) is 15.1. The van der Waals surface area contributed by atoms with Gasteiger partial charge in [0.2, 0.25) is 0 Å². The maximum Gasteiger partial charge on any atom is 0.421 e. The Morgan fingerprint density at radius 1 is 1.50 bits per heavy atom. The third kappa shape index (κ3) is 7.43. The molecule has 0 radical (unpaired) electrons. The second kappa shape index (κ2) is 7.42. The van der Waals surface area contributed by atoms with Crippen molar-refractivity contribution in [3.05, 3.63) is 0 Å². The maximum atomic E-state index is 11.2. The fourth-order valence-electron chi connectivity index (χ4n) is 0.962. The third-order valence-electron chi connectivity index (χ3n) is 1.97. The largest absolute Gasteiger partial charge is 0.452 e. The first-order chi connectivity index (χ1) is 7.41. The Kier molecular flexibility index (Phi) is 7.02. The standard InChI is InChI=1S/C8H19N3O4S/c1-7(6-9)4-3-5-10-16(13,14)11-8(12)15-2/h7,10H,3-6,9H2,1-2H3,(H,11,12). The Hall–Kier alpha value is -0.860. The van der Waals surface area contributed by atoms with Gasteiger partial charge in [-0.15, -0.1) is 0 Å². The molecular formula is C8H19N3O4S. The summed E-state index contributed by atoms with van der Waals surface area (Å²) in [6, 6.07) is 0. The zero-order chi connectivity index (χ0) is 12.6. The number of methoxy groups -OCH3 is 1. The molecule has 0 aromatic rings. The summed E-state index contributed by atoms with van der Waals surface area (Å²) in [6.07, 6.45) is 0.486. The Morgan fingerprint density at radius 3 is 2.62 bits per heavy atom. The molecule has 0 aliphatic rings. The minimum atomic E-state index is -3.80. The van der Waals surface area contributed by atoms with E-state index in [-0.39, 0.29) is 6.54 Å². The Labute approximate surface area is 95.9 Å². The van der Waals surface area contributed by atoms with Crippen molar-refractivity contribution in [3.63, 3.8) is 0 Å². The number of ether oxygens (including phenoxy) is 1. The van der Waals surface area contributed by atoms with Crippen molar-refractivity contribution in [2.45, 2.75) is 19.8 Å². The van der Waals surface area contributed by atoms with Gasteiger partial charge < -0.3 is 10.5 Å². The van der Waals surface area contributed by atoms with Crippen LogP contribution in [0.15, 0.2) is 0 Å². The van der Waals surface area contributed by atoms with E-state index in [1.165, 1.54) is 0 Å². The van der Waals surface area contributed by atoms with E-state index in [1.807, 2.05) is 6.92 Å². The molecule has 0 saturated carbocycles. The molecule has 96 valence electrons. The number of nitrogens with one attached hydrogen (secondary N) is 2. The lowest BCUT2D eigenvalue weighted by molar-refractivity contribution is 0.177. The summed E-state index contributed by atoms with van der Waals surface area (Å²) in [5.41, 5.74) is 5.41. The zero-order valence-electron chi connectivity index (χ0n) is 9.52. The molecule has 0 bridgehead atoms. The predicted molar refractivity (Wildman–Crippen MR) is 59.9 cm³/mol. The van der Waals surface area contributed by atoms with Gasteiger partial charge in [0.25, 0.3) is 0 Å². The van der Waals surface area contributed by atoms with Crippen LogP contribution >= 0.6 is 0 Å². The summed E-state index contributed by atoms with van der Waals surface area (Å²) < 4.78 is 30.4. The summed E-state index contributed by atoms with van der Waals surface area (Å²) >= 11 is 0. The molecule has 0 fully saturated rings. The molecular weight excluding hydrogens is 234 g/mol. The molecule has 1 atom stereocenters. The van der Waals surface area contributed by atoms with Gasteiger partial charge in [-0.25, -0.2) is 9.52 Å². The second-order valence-corrected chi connectivity index (χ2v) is 4.97. The predicted octanol–water partition coefficient (Wildman–Crippen LogP) is -0.448. The van der Waals surface area contributed by atoms with E-state index in [4.69, 9.17) is 5.73 Å². The highest BCUT2D eigenvalue weighted by Crippen LogP contribution is 2.01. The topological polar surface area (TPSA) is 111 Å². The highest BCUT2D eigenvalue weighted by Gasteiger charge is 2.13. The monoisotopic (exact) mass is 253 g/mol. The number of hydrogen-bond donors (Lipinski definition) is 3. The van der Waals surface area contributed by atoms with Gasteiger partial charge in [-0.1, -0.05) is 6.92 Å². The van der Waals surface area contributed by atoms with Crippen LogP contribution in [0.5, 0.6) is 0 Å². The van der Waals surface area contributed by atoms with Gasteiger partial charge in [-0.3, -0.25) is 0 Å². The number of amides is 1. The Bertz CT molecular complexity index is 304. The van der Waals surface area contributed by atoms with Crippen molar-refractivity contribution in [1.29, 1.82) is 0 Å². The van der Waals surface area contributed by atoms with Crippen LogP contribution in [0.3, 0.4) is 0 Å².